The zero-order valence-corrected chi connectivity index (χ0v) is 15.8. The predicted octanol–water partition coefficient (Wildman–Crippen LogP) is 6.39. The van der Waals surface area contributed by atoms with Crippen molar-refractivity contribution in [2.45, 2.75) is 6.61 Å². The fourth-order valence-corrected chi connectivity index (χ4v) is 3.77. The molecule has 3 nitrogen and oxygen atoms in total. The minimum atomic E-state index is 0.504. The fraction of sp³-hybridized carbons (Fsp3) is 0.0417. The topological polar surface area (TPSA) is 26.5 Å². The number of nitrogens with zero attached hydrogens (tertiary/aromatic N) is 2. The average molecular weight is 385 g/mol. The van der Waals surface area contributed by atoms with Gasteiger partial charge >= 0.3 is 0 Å². The maximum absolute atomic E-state index is 6.25. The molecule has 0 amide bonds. The van der Waals surface area contributed by atoms with E-state index in [1.807, 2.05) is 59.4 Å². The summed E-state index contributed by atoms with van der Waals surface area (Å²) >= 11 is 6.25. The van der Waals surface area contributed by atoms with E-state index in [0.29, 0.717) is 6.61 Å². The van der Waals surface area contributed by atoms with Crippen molar-refractivity contribution in [3.63, 3.8) is 0 Å². The highest BCUT2D eigenvalue weighted by molar-refractivity contribution is 6.31. The van der Waals surface area contributed by atoms with E-state index in [0.717, 1.165) is 43.8 Å². The molecule has 28 heavy (non-hydrogen) atoms. The number of benzene rings is 3. The molecule has 0 aliphatic heterocycles. The van der Waals surface area contributed by atoms with Crippen LogP contribution in [-0.4, -0.2) is 9.61 Å². The molecule has 5 rings (SSSR count). The normalized spacial score (nSPS) is 11.2. The molecule has 0 radical (unpaired) electrons. The van der Waals surface area contributed by atoms with Crippen LogP contribution in [0.2, 0.25) is 5.02 Å². The Morgan fingerprint density at radius 2 is 1.75 bits per heavy atom. The molecule has 2 aromatic heterocycles. The molecule has 0 spiro atoms. The number of rotatable bonds is 4. The zero-order chi connectivity index (χ0) is 18.9. The van der Waals surface area contributed by atoms with Gasteiger partial charge in [0.05, 0.1) is 17.9 Å². The van der Waals surface area contributed by atoms with Gasteiger partial charge in [-0.25, -0.2) is 4.52 Å². The molecular formula is C24H17ClN2O. The second kappa shape index (κ2) is 7.02. The highest BCUT2D eigenvalue weighted by Gasteiger charge is 2.14. The Kier molecular flexibility index (Phi) is 4.22. The van der Waals surface area contributed by atoms with Crippen LogP contribution in [0, 0.1) is 0 Å². The lowest BCUT2D eigenvalue weighted by Gasteiger charge is -2.14. The second-order valence-corrected chi connectivity index (χ2v) is 7.10. The molecular weight excluding hydrogens is 368 g/mol. The van der Waals surface area contributed by atoms with Gasteiger partial charge in [-0.05, 0) is 34.9 Å². The Balaban J connectivity index is 1.70. The lowest BCUT2D eigenvalue weighted by Crippen LogP contribution is -1.99. The summed E-state index contributed by atoms with van der Waals surface area (Å²) in [5.74, 6) is 0.805. The minimum absolute atomic E-state index is 0.504. The molecule has 0 atom stereocenters. The third-order valence-corrected chi connectivity index (χ3v) is 5.10. The van der Waals surface area contributed by atoms with Gasteiger partial charge in [0.1, 0.15) is 12.4 Å². The van der Waals surface area contributed by atoms with Gasteiger partial charge in [-0.1, -0.05) is 72.3 Å². The minimum Gasteiger partial charge on any atom is -0.487 e. The zero-order valence-electron chi connectivity index (χ0n) is 15.0. The molecule has 2 heterocycles. The lowest BCUT2D eigenvalue weighted by molar-refractivity contribution is 0.308. The van der Waals surface area contributed by atoms with Crippen LogP contribution in [0.4, 0.5) is 0 Å². The van der Waals surface area contributed by atoms with Crippen LogP contribution in [0.1, 0.15) is 5.56 Å². The first-order valence-corrected chi connectivity index (χ1v) is 9.49. The predicted molar refractivity (Wildman–Crippen MR) is 114 cm³/mol. The van der Waals surface area contributed by atoms with Crippen LogP contribution in [0.3, 0.4) is 0 Å². The number of hydrogen-bond acceptors (Lipinski definition) is 2. The van der Waals surface area contributed by atoms with Gasteiger partial charge in [0.15, 0.2) is 0 Å². The van der Waals surface area contributed by atoms with E-state index in [9.17, 15) is 0 Å². The van der Waals surface area contributed by atoms with Crippen molar-refractivity contribution >= 4 is 27.9 Å². The Morgan fingerprint density at radius 3 is 2.61 bits per heavy atom. The van der Waals surface area contributed by atoms with Crippen LogP contribution < -0.4 is 4.74 Å². The van der Waals surface area contributed by atoms with E-state index in [-0.39, 0.29) is 0 Å². The van der Waals surface area contributed by atoms with Crippen molar-refractivity contribution in [3.05, 3.63) is 102 Å². The smallest absolute Gasteiger partial charge is 0.146 e. The Labute approximate surface area is 167 Å². The van der Waals surface area contributed by atoms with E-state index >= 15 is 0 Å². The fourth-order valence-electron chi connectivity index (χ4n) is 3.58. The number of ether oxygens (including phenoxy) is 1. The van der Waals surface area contributed by atoms with E-state index in [2.05, 4.69) is 41.5 Å². The summed E-state index contributed by atoms with van der Waals surface area (Å²) < 4.78 is 8.08. The first-order valence-electron chi connectivity index (χ1n) is 9.11. The van der Waals surface area contributed by atoms with Gasteiger partial charge < -0.3 is 4.74 Å². The van der Waals surface area contributed by atoms with Gasteiger partial charge in [0.25, 0.3) is 0 Å². The summed E-state index contributed by atoms with van der Waals surface area (Å²) in [5, 5.41) is 7.33. The molecule has 3 aromatic carbocycles. The molecule has 0 saturated heterocycles. The van der Waals surface area contributed by atoms with Gasteiger partial charge in [0.2, 0.25) is 0 Å². The molecule has 0 saturated carbocycles. The Hall–Kier alpha value is -3.30. The number of pyridine rings is 1. The number of halogens is 1. The van der Waals surface area contributed by atoms with Crippen molar-refractivity contribution in [1.29, 1.82) is 0 Å². The maximum atomic E-state index is 6.25. The quantitative estimate of drug-likeness (QED) is 0.359. The number of fused-ring (bicyclic) bond motifs is 3. The van der Waals surface area contributed by atoms with Gasteiger partial charge in [-0.2, -0.15) is 5.10 Å². The third-order valence-electron chi connectivity index (χ3n) is 4.87. The standard InChI is InChI=1S/C24H17ClN2O/c25-19-9-4-8-18(14-19)20-10-5-11-21-23(28-16-17-6-2-1-3-7-17)15-27-22(24(20)21)12-13-26-27/h1-15H,16H2. The first kappa shape index (κ1) is 16.8. The van der Waals surface area contributed by atoms with E-state index in [1.54, 1.807) is 0 Å². The Bertz CT molecular complexity index is 1280. The summed E-state index contributed by atoms with van der Waals surface area (Å²) in [4.78, 5) is 0. The molecule has 4 heteroatoms. The van der Waals surface area contributed by atoms with Crippen molar-refractivity contribution in [3.8, 4) is 16.9 Å². The SMILES string of the molecule is Clc1cccc(-c2cccc3c(OCc4ccccc4)cn4nccc4c23)c1. The largest absolute Gasteiger partial charge is 0.487 e. The third kappa shape index (κ3) is 3.00. The summed E-state index contributed by atoms with van der Waals surface area (Å²) in [6.07, 6.45) is 3.76. The van der Waals surface area contributed by atoms with Crippen LogP contribution >= 0.6 is 11.6 Å². The summed E-state index contributed by atoms with van der Waals surface area (Å²) in [7, 11) is 0. The second-order valence-electron chi connectivity index (χ2n) is 6.67. The molecule has 5 aromatic rings. The lowest BCUT2D eigenvalue weighted by atomic mass is 9.98. The molecule has 0 N–H and O–H groups in total. The molecule has 0 aliphatic rings. The van der Waals surface area contributed by atoms with Crippen LogP contribution in [0.15, 0.2) is 91.3 Å². The van der Waals surface area contributed by atoms with Crippen LogP contribution in [0.25, 0.3) is 27.4 Å². The molecule has 0 unspecified atom stereocenters. The maximum Gasteiger partial charge on any atom is 0.146 e. The molecule has 0 bridgehead atoms. The van der Waals surface area contributed by atoms with Crippen molar-refractivity contribution in [1.82, 2.24) is 9.61 Å². The average Bonchev–Trinajstić information content (AvgIpc) is 3.21. The highest BCUT2D eigenvalue weighted by atomic mass is 35.5. The van der Waals surface area contributed by atoms with Gasteiger partial charge in [-0.3, -0.25) is 0 Å². The molecule has 136 valence electrons. The monoisotopic (exact) mass is 384 g/mol. The van der Waals surface area contributed by atoms with Crippen molar-refractivity contribution in [2.75, 3.05) is 0 Å². The molecule has 0 aliphatic carbocycles. The van der Waals surface area contributed by atoms with Gasteiger partial charge in [0, 0.05) is 15.8 Å². The van der Waals surface area contributed by atoms with E-state index < -0.39 is 0 Å². The summed E-state index contributed by atoms with van der Waals surface area (Å²) in [5.41, 5.74) is 4.34. The van der Waals surface area contributed by atoms with Gasteiger partial charge in [-0.15, -0.1) is 0 Å². The van der Waals surface area contributed by atoms with Crippen molar-refractivity contribution in [2.24, 2.45) is 0 Å². The summed E-state index contributed by atoms with van der Waals surface area (Å²) in [6.45, 7) is 0.504. The van der Waals surface area contributed by atoms with Crippen LogP contribution in [-0.2, 0) is 6.61 Å². The van der Waals surface area contributed by atoms with Crippen LogP contribution in [0.5, 0.6) is 5.75 Å². The summed E-state index contributed by atoms with van der Waals surface area (Å²) in [6, 6.07) is 26.4. The number of aromatic nitrogens is 2. The number of hydrogen-bond donors (Lipinski definition) is 0. The van der Waals surface area contributed by atoms with Crippen molar-refractivity contribution < 1.29 is 4.74 Å². The first-order chi connectivity index (χ1) is 13.8. The van der Waals surface area contributed by atoms with E-state index in [4.69, 9.17) is 16.3 Å². The Morgan fingerprint density at radius 1 is 0.893 bits per heavy atom. The molecule has 0 fully saturated rings. The highest BCUT2D eigenvalue weighted by Crippen LogP contribution is 2.37. The van der Waals surface area contributed by atoms with E-state index in [1.165, 1.54) is 0 Å².